The van der Waals surface area contributed by atoms with E-state index < -0.39 is 5.41 Å². The van der Waals surface area contributed by atoms with Gasteiger partial charge in [0.05, 0.1) is 16.8 Å². The number of nitrogens with zero attached hydrogens (tertiary/aromatic N) is 2. The predicted octanol–water partition coefficient (Wildman–Crippen LogP) is 14.9. The molecule has 2 aliphatic rings. The van der Waals surface area contributed by atoms with Crippen LogP contribution < -0.4 is 4.74 Å². The van der Waals surface area contributed by atoms with Gasteiger partial charge in [-0.25, -0.2) is 9.97 Å². The van der Waals surface area contributed by atoms with Crippen molar-refractivity contribution in [3.63, 3.8) is 0 Å². The van der Waals surface area contributed by atoms with Gasteiger partial charge >= 0.3 is 0 Å². The number of aromatic nitrogens is 2. The highest BCUT2D eigenvalue weighted by molar-refractivity contribution is 5.90. The molecule has 0 unspecified atom stereocenters. The van der Waals surface area contributed by atoms with Gasteiger partial charge in [-0.2, -0.15) is 0 Å². The first-order valence-corrected chi connectivity index (χ1v) is 21.1. The topological polar surface area (TPSA) is 35.0 Å². The minimum absolute atomic E-state index is 0.517. The zero-order valence-electron chi connectivity index (χ0n) is 33.7. The lowest BCUT2D eigenvalue weighted by molar-refractivity contribution is 0.438. The molecule has 3 nitrogen and oxygen atoms in total. The summed E-state index contributed by atoms with van der Waals surface area (Å²) < 4.78 is 6.97. The molecule has 1 aliphatic carbocycles. The molecule has 0 amide bonds. The molecule has 1 aliphatic heterocycles. The molecule has 3 heteroatoms. The Hall–Kier alpha value is -8.14. The maximum Gasteiger partial charge on any atom is 0.160 e. The van der Waals surface area contributed by atoms with Crippen LogP contribution in [0, 0.1) is 0 Å². The summed E-state index contributed by atoms with van der Waals surface area (Å²) in [6.45, 7) is 0. The van der Waals surface area contributed by atoms with Crippen molar-refractivity contribution in [1.82, 2.24) is 9.97 Å². The van der Waals surface area contributed by atoms with Gasteiger partial charge in [0.1, 0.15) is 11.5 Å². The summed E-state index contributed by atoms with van der Waals surface area (Å²) in [6, 6.07) is 81.8. The summed E-state index contributed by atoms with van der Waals surface area (Å²) in [5, 5.41) is 0. The Morgan fingerprint density at radius 1 is 0.290 bits per heavy atom. The molecule has 1 spiro atoms. The molecule has 12 rings (SSSR count). The largest absolute Gasteiger partial charge is 0.456 e. The molecule has 0 saturated heterocycles. The van der Waals surface area contributed by atoms with Crippen molar-refractivity contribution >= 4 is 0 Å². The molecule has 0 saturated carbocycles. The minimum atomic E-state index is -0.517. The first kappa shape index (κ1) is 35.8. The smallest absolute Gasteiger partial charge is 0.160 e. The highest BCUT2D eigenvalue weighted by atomic mass is 16.5. The van der Waals surface area contributed by atoms with Gasteiger partial charge in [-0.1, -0.05) is 218 Å². The Kier molecular flexibility index (Phi) is 8.39. The molecule has 10 aromatic rings. The van der Waals surface area contributed by atoms with E-state index in [1.54, 1.807) is 0 Å². The molecule has 0 fully saturated rings. The van der Waals surface area contributed by atoms with Gasteiger partial charge < -0.3 is 4.74 Å². The van der Waals surface area contributed by atoms with Crippen molar-refractivity contribution in [2.24, 2.45) is 0 Å². The van der Waals surface area contributed by atoms with Crippen molar-refractivity contribution < 1.29 is 4.74 Å². The zero-order chi connectivity index (χ0) is 41.0. The van der Waals surface area contributed by atoms with Crippen molar-refractivity contribution in [1.29, 1.82) is 0 Å². The van der Waals surface area contributed by atoms with Crippen molar-refractivity contribution in [2.75, 3.05) is 0 Å². The third kappa shape index (κ3) is 5.74. The molecule has 9 aromatic carbocycles. The van der Waals surface area contributed by atoms with Gasteiger partial charge in [0.15, 0.2) is 5.82 Å². The predicted molar refractivity (Wildman–Crippen MR) is 252 cm³/mol. The molecular formula is C59H38N2O. The lowest BCUT2D eigenvalue weighted by atomic mass is 9.65. The average Bonchev–Trinajstić information content (AvgIpc) is 3.65. The van der Waals surface area contributed by atoms with E-state index in [1.165, 1.54) is 44.5 Å². The summed E-state index contributed by atoms with van der Waals surface area (Å²) in [5.41, 5.74) is 18.4. The Bertz CT molecular complexity index is 3140. The van der Waals surface area contributed by atoms with Gasteiger partial charge in [0.25, 0.3) is 0 Å². The fraction of sp³-hybridized carbons (Fsp3) is 0.0169. The number of benzene rings is 9. The molecule has 0 N–H and O–H groups in total. The molecule has 290 valence electrons. The van der Waals surface area contributed by atoms with E-state index in [0.717, 1.165) is 61.8 Å². The summed E-state index contributed by atoms with van der Waals surface area (Å²) in [6.07, 6.45) is 0. The maximum atomic E-state index is 6.97. The number of ether oxygens (including phenoxy) is 1. The van der Waals surface area contributed by atoms with Crippen molar-refractivity contribution in [3.8, 4) is 89.9 Å². The third-order valence-electron chi connectivity index (χ3n) is 12.6. The average molecular weight is 791 g/mol. The van der Waals surface area contributed by atoms with Crippen LogP contribution in [-0.2, 0) is 5.41 Å². The number of hydrogen-bond acceptors (Lipinski definition) is 3. The summed E-state index contributed by atoms with van der Waals surface area (Å²) >= 11 is 0. The second-order valence-corrected chi connectivity index (χ2v) is 16.0. The normalized spacial score (nSPS) is 12.8. The summed E-state index contributed by atoms with van der Waals surface area (Å²) in [4.78, 5) is 10.4. The number of fused-ring (bicyclic) bond motifs is 9. The van der Waals surface area contributed by atoms with Crippen LogP contribution in [0.3, 0.4) is 0 Å². The SMILES string of the molecule is c1ccc(-c2ccc(-c3cc(-c4ccc(-c5ccccc5)cc4)nc(-c4ccc(-c5cccc6c5Oc5ccccc5C65c6ccccc6-c6ccccc65)cc4)n3)cc2)cc1. The van der Waals surface area contributed by atoms with Crippen LogP contribution in [0.2, 0.25) is 0 Å². The van der Waals surface area contributed by atoms with E-state index in [1.807, 2.05) is 12.1 Å². The first-order valence-electron chi connectivity index (χ1n) is 21.1. The van der Waals surface area contributed by atoms with Crippen LogP contribution in [-0.4, -0.2) is 9.97 Å². The summed E-state index contributed by atoms with van der Waals surface area (Å²) in [5.74, 6) is 2.42. The monoisotopic (exact) mass is 790 g/mol. The highest BCUT2D eigenvalue weighted by Crippen LogP contribution is 2.63. The Labute approximate surface area is 361 Å². The van der Waals surface area contributed by atoms with Crippen LogP contribution >= 0.6 is 0 Å². The lowest BCUT2D eigenvalue weighted by Crippen LogP contribution is -2.32. The van der Waals surface area contributed by atoms with Gasteiger partial charge in [0.2, 0.25) is 0 Å². The van der Waals surface area contributed by atoms with Crippen LogP contribution in [0.15, 0.2) is 231 Å². The summed E-state index contributed by atoms with van der Waals surface area (Å²) in [7, 11) is 0. The fourth-order valence-corrected chi connectivity index (χ4v) is 9.70. The second-order valence-electron chi connectivity index (χ2n) is 16.0. The van der Waals surface area contributed by atoms with E-state index in [9.17, 15) is 0 Å². The molecule has 0 radical (unpaired) electrons. The molecule has 1 aromatic heterocycles. The second kappa shape index (κ2) is 14.5. The third-order valence-corrected chi connectivity index (χ3v) is 12.6. The van der Waals surface area contributed by atoms with Crippen LogP contribution in [0.1, 0.15) is 22.3 Å². The highest BCUT2D eigenvalue weighted by Gasteiger charge is 2.51. The van der Waals surface area contributed by atoms with Crippen molar-refractivity contribution in [3.05, 3.63) is 253 Å². The molecular weight excluding hydrogens is 753 g/mol. The first-order chi connectivity index (χ1) is 30.7. The Balaban J connectivity index is 0.962. The molecule has 2 heterocycles. The van der Waals surface area contributed by atoms with Gasteiger partial charge in [-0.05, 0) is 62.2 Å². The van der Waals surface area contributed by atoms with E-state index in [0.29, 0.717) is 5.82 Å². The van der Waals surface area contributed by atoms with Crippen LogP contribution in [0.4, 0.5) is 0 Å². The fourth-order valence-electron chi connectivity index (χ4n) is 9.70. The van der Waals surface area contributed by atoms with E-state index in [4.69, 9.17) is 14.7 Å². The van der Waals surface area contributed by atoms with Gasteiger partial charge in [-0.3, -0.25) is 0 Å². The Morgan fingerprint density at radius 3 is 1.26 bits per heavy atom. The Morgan fingerprint density at radius 2 is 0.694 bits per heavy atom. The molecule has 0 bridgehead atoms. The molecule has 0 atom stereocenters. The number of rotatable bonds is 6. The quantitative estimate of drug-likeness (QED) is 0.168. The minimum Gasteiger partial charge on any atom is -0.456 e. The van der Waals surface area contributed by atoms with E-state index >= 15 is 0 Å². The zero-order valence-corrected chi connectivity index (χ0v) is 33.7. The van der Waals surface area contributed by atoms with Gasteiger partial charge in [-0.15, -0.1) is 0 Å². The van der Waals surface area contributed by atoms with E-state index in [2.05, 4.69) is 218 Å². The van der Waals surface area contributed by atoms with Crippen molar-refractivity contribution in [2.45, 2.75) is 5.41 Å². The number of hydrogen-bond donors (Lipinski definition) is 0. The van der Waals surface area contributed by atoms with Gasteiger partial charge in [0, 0.05) is 33.4 Å². The molecule has 62 heavy (non-hydrogen) atoms. The van der Waals surface area contributed by atoms with Crippen LogP contribution in [0.25, 0.3) is 78.4 Å². The maximum absolute atomic E-state index is 6.97. The van der Waals surface area contributed by atoms with Crippen LogP contribution in [0.5, 0.6) is 11.5 Å². The number of para-hydroxylation sites is 2. The standard InChI is InChI=1S/C59H38N2O/c1-3-14-39(15-4-1)41-26-32-44(33-27-41)54-38-55(45-34-28-42(29-35-45)40-16-5-2-6-17-40)61-58(60-54)46-36-30-43(31-37-46)47-20-13-24-53-57(47)62-56-25-12-11-23-52(56)59(53)50-21-9-7-18-48(50)49-19-8-10-22-51(49)59/h1-38H. The lowest BCUT2D eigenvalue weighted by Gasteiger charge is -2.40. The van der Waals surface area contributed by atoms with E-state index in [-0.39, 0.29) is 0 Å².